The van der Waals surface area contributed by atoms with Crippen molar-refractivity contribution in [1.29, 1.82) is 0 Å². The number of para-hydroxylation sites is 1. The lowest BCUT2D eigenvalue weighted by Crippen LogP contribution is -2.21. The summed E-state index contributed by atoms with van der Waals surface area (Å²) in [6.07, 6.45) is 3.17. The zero-order valence-electron chi connectivity index (χ0n) is 16.2. The highest BCUT2D eigenvalue weighted by atomic mass is 35.5. The van der Waals surface area contributed by atoms with Gasteiger partial charge in [-0.25, -0.2) is 4.98 Å². The first-order valence-corrected chi connectivity index (χ1v) is 9.38. The van der Waals surface area contributed by atoms with Gasteiger partial charge in [0.2, 0.25) is 0 Å². The molecule has 2 heterocycles. The summed E-state index contributed by atoms with van der Waals surface area (Å²) < 4.78 is 5.65. The van der Waals surface area contributed by atoms with E-state index < -0.39 is 0 Å². The van der Waals surface area contributed by atoms with Crippen molar-refractivity contribution in [1.82, 2.24) is 25.1 Å². The van der Waals surface area contributed by atoms with E-state index in [0.29, 0.717) is 27.7 Å². The van der Waals surface area contributed by atoms with Crippen LogP contribution in [-0.4, -0.2) is 45.1 Å². The monoisotopic (exact) mass is 420 g/mol. The minimum Gasteiger partial charge on any atom is -0.401 e. The minimum atomic E-state index is -0.0641. The summed E-state index contributed by atoms with van der Waals surface area (Å²) >= 11 is 6.14. The van der Waals surface area contributed by atoms with Gasteiger partial charge in [0, 0.05) is 25.2 Å². The number of amides is 1. The molecule has 0 aliphatic carbocycles. The molecular formula is C21H17ClN6O2. The number of aromatic nitrogens is 4. The molecule has 2 aromatic heterocycles. The molecule has 0 aliphatic rings. The van der Waals surface area contributed by atoms with Crippen LogP contribution in [0.3, 0.4) is 0 Å². The van der Waals surface area contributed by atoms with Crippen molar-refractivity contribution >= 4 is 29.2 Å². The third-order valence-corrected chi connectivity index (χ3v) is 4.56. The molecule has 0 unspecified atom stereocenters. The van der Waals surface area contributed by atoms with Crippen molar-refractivity contribution < 1.29 is 9.21 Å². The summed E-state index contributed by atoms with van der Waals surface area (Å²) in [4.78, 5) is 22.3. The first-order valence-electron chi connectivity index (χ1n) is 9.01. The van der Waals surface area contributed by atoms with Gasteiger partial charge in [0.15, 0.2) is 0 Å². The van der Waals surface area contributed by atoms with E-state index in [2.05, 4.69) is 25.5 Å². The average molecular weight is 421 g/mol. The highest BCUT2D eigenvalue weighted by Gasteiger charge is 2.13. The Kier molecular flexibility index (Phi) is 5.40. The Morgan fingerprint density at radius 3 is 2.47 bits per heavy atom. The average Bonchev–Trinajstić information content (AvgIpc) is 3.24. The molecule has 0 aliphatic heterocycles. The zero-order chi connectivity index (χ0) is 21.1. The normalized spacial score (nSPS) is 10.6. The van der Waals surface area contributed by atoms with Crippen molar-refractivity contribution in [3.8, 4) is 22.8 Å². The maximum Gasteiger partial charge on any atom is 0.320 e. The fourth-order valence-electron chi connectivity index (χ4n) is 2.70. The minimum absolute atomic E-state index is 0.0641. The molecule has 0 bridgehead atoms. The summed E-state index contributed by atoms with van der Waals surface area (Å²) in [6.45, 7) is 0. The maximum absolute atomic E-state index is 12.0. The third-order valence-electron chi connectivity index (χ3n) is 4.23. The van der Waals surface area contributed by atoms with Gasteiger partial charge in [0.05, 0.1) is 28.8 Å². The van der Waals surface area contributed by atoms with E-state index in [-0.39, 0.29) is 17.8 Å². The van der Waals surface area contributed by atoms with Crippen LogP contribution in [0.1, 0.15) is 10.4 Å². The molecule has 4 aromatic rings. The SMILES string of the molecule is CN(C)C(=O)c1ccc(-c2cncc(-c3nnc(Nc4ccccc4Cl)o3)n2)cc1. The summed E-state index contributed by atoms with van der Waals surface area (Å²) in [7, 11) is 3.43. The van der Waals surface area contributed by atoms with Gasteiger partial charge in [-0.05, 0) is 24.3 Å². The molecule has 0 spiro atoms. The van der Waals surface area contributed by atoms with E-state index in [0.717, 1.165) is 5.56 Å². The van der Waals surface area contributed by atoms with Crippen molar-refractivity contribution in [3.63, 3.8) is 0 Å². The lowest BCUT2D eigenvalue weighted by Gasteiger charge is -2.10. The van der Waals surface area contributed by atoms with Crippen LogP contribution in [0.5, 0.6) is 0 Å². The number of nitrogens with zero attached hydrogens (tertiary/aromatic N) is 5. The first-order chi connectivity index (χ1) is 14.5. The second-order valence-electron chi connectivity index (χ2n) is 6.58. The van der Waals surface area contributed by atoms with Crippen LogP contribution in [0.15, 0.2) is 65.3 Å². The van der Waals surface area contributed by atoms with Crippen LogP contribution in [-0.2, 0) is 0 Å². The highest BCUT2D eigenvalue weighted by Crippen LogP contribution is 2.26. The Morgan fingerprint density at radius 1 is 1.00 bits per heavy atom. The van der Waals surface area contributed by atoms with Crippen LogP contribution >= 0.6 is 11.6 Å². The van der Waals surface area contributed by atoms with Crippen LogP contribution < -0.4 is 5.32 Å². The molecule has 150 valence electrons. The molecule has 2 aromatic carbocycles. The second-order valence-corrected chi connectivity index (χ2v) is 6.99. The number of nitrogens with one attached hydrogen (secondary N) is 1. The second kappa shape index (κ2) is 8.30. The Hall–Kier alpha value is -3.78. The van der Waals surface area contributed by atoms with Gasteiger partial charge in [-0.3, -0.25) is 9.78 Å². The predicted octanol–water partition coefficient (Wildman–Crippen LogP) is 4.29. The molecule has 4 rings (SSSR count). The third kappa shape index (κ3) is 4.13. The molecule has 0 saturated heterocycles. The molecule has 0 fully saturated rings. The summed E-state index contributed by atoms with van der Waals surface area (Å²) in [6, 6.07) is 14.6. The molecule has 0 atom stereocenters. The fraction of sp³-hybridized carbons (Fsp3) is 0.0952. The van der Waals surface area contributed by atoms with E-state index in [1.165, 1.54) is 4.90 Å². The first kappa shape index (κ1) is 19.5. The van der Waals surface area contributed by atoms with E-state index in [1.807, 2.05) is 24.3 Å². The van der Waals surface area contributed by atoms with Gasteiger partial charge in [0.1, 0.15) is 5.69 Å². The summed E-state index contributed by atoms with van der Waals surface area (Å²) in [5, 5.41) is 11.5. The van der Waals surface area contributed by atoms with Crippen molar-refractivity contribution in [2.24, 2.45) is 0 Å². The molecular weight excluding hydrogens is 404 g/mol. The summed E-state index contributed by atoms with van der Waals surface area (Å²) in [5.41, 5.74) is 3.12. The number of carbonyl (C=O) groups excluding carboxylic acids is 1. The molecule has 0 radical (unpaired) electrons. The Balaban J connectivity index is 1.56. The quantitative estimate of drug-likeness (QED) is 0.514. The number of rotatable bonds is 5. The standard InChI is InChI=1S/C21H17ClN6O2/c1-28(2)20(29)14-9-7-13(8-10-14)17-11-23-12-18(24-17)19-26-27-21(30-19)25-16-6-4-3-5-15(16)22/h3-12H,1-2H3,(H,25,27). The van der Waals surface area contributed by atoms with Crippen LogP contribution in [0.4, 0.5) is 11.7 Å². The van der Waals surface area contributed by atoms with Gasteiger partial charge in [-0.2, -0.15) is 0 Å². The lowest BCUT2D eigenvalue weighted by molar-refractivity contribution is 0.0827. The fourth-order valence-corrected chi connectivity index (χ4v) is 2.89. The number of halogens is 1. The number of carbonyl (C=O) groups is 1. The molecule has 9 heteroatoms. The molecule has 1 amide bonds. The number of hydrogen-bond donors (Lipinski definition) is 1. The van der Waals surface area contributed by atoms with Crippen molar-refractivity contribution in [2.75, 3.05) is 19.4 Å². The number of benzene rings is 2. The predicted molar refractivity (Wildman–Crippen MR) is 114 cm³/mol. The Bertz CT molecular complexity index is 1190. The number of anilines is 2. The van der Waals surface area contributed by atoms with E-state index in [4.69, 9.17) is 16.0 Å². The van der Waals surface area contributed by atoms with Gasteiger partial charge in [0.25, 0.3) is 11.8 Å². The summed E-state index contributed by atoms with van der Waals surface area (Å²) in [5.74, 6) is 0.157. The van der Waals surface area contributed by atoms with Crippen LogP contribution in [0, 0.1) is 0 Å². The van der Waals surface area contributed by atoms with E-state index >= 15 is 0 Å². The van der Waals surface area contributed by atoms with Gasteiger partial charge >= 0.3 is 6.01 Å². The highest BCUT2D eigenvalue weighted by molar-refractivity contribution is 6.33. The van der Waals surface area contributed by atoms with Crippen LogP contribution in [0.25, 0.3) is 22.8 Å². The van der Waals surface area contributed by atoms with Gasteiger partial charge < -0.3 is 14.6 Å². The molecule has 8 nitrogen and oxygen atoms in total. The Labute approximate surface area is 177 Å². The van der Waals surface area contributed by atoms with E-state index in [1.54, 1.807) is 50.8 Å². The Morgan fingerprint density at radius 2 is 1.73 bits per heavy atom. The topological polar surface area (TPSA) is 97.0 Å². The van der Waals surface area contributed by atoms with Crippen molar-refractivity contribution in [2.45, 2.75) is 0 Å². The smallest absolute Gasteiger partial charge is 0.320 e. The lowest BCUT2D eigenvalue weighted by atomic mass is 10.1. The largest absolute Gasteiger partial charge is 0.401 e. The molecule has 0 saturated carbocycles. The van der Waals surface area contributed by atoms with Gasteiger partial charge in [-0.1, -0.05) is 41.0 Å². The molecule has 1 N–H and O–H groups in total. The van der Waals surface area contributed by atoms with E-state index in [9.17, 15) is 4.79 Å². The molecule has 30 heavy (non-hydrogen) atoms. The number of hydrogen-bond acceptors (Lipinski definition) is 7. The van der Waals surface area contributed by atoms with Crippen molar-refractivity contribution in [3.05, 3.63) is 71.5 Å². The van der Waals surface area contributed by atoms with Crippen LogP contribution in [0.2, 0.25) is 5.02 Å². The maximum atomic E-state index is 12.0. The van der Waals surface area contributed by atoms with Gasteiger partial charge in [-0.15, -0.1) is 5.10 Å². The zero-order valence-corrected chi connectivity index (χ0v) is 17.0.